The number of ether oxygens (including phenoxy) is 2. The van der Waals surface area contributed by atoms with Crippen molar-refractivity contribution < 1.29 is 19.1 Å². The third-order valence-corrected chi connectivity index (χ3v) is 7.25. The third-order valence-electron chi connectivity index (χ3n) is 5.53. The van der Waals surface area contributed by atoms with Crippen molar-refractivity contribution in [3.8, 4) is 11.5 Å². The second-order valence-electron chi connectivity index (χ2n) is 7.47. The Kier molecular flexibility index (Phi) is 5.65. The fraction of sp³-hybridized carbons (Fsp3) is 0.304. The number of likely N-dealkylation sites (tertiary alicyclic amines) is 1. The van der Waals surface area contributed by atoms with E-state index in [-0.39, 0.29) is 11.8 Å². The van der Waals surface area contributed by atoms with E-state index in [0.717, 1.165) is 17.0 Å². The Balaban J connectivity index is 1.46. The van der Waals surface area contributed by atoms with Crippen LogP contribution in [-0.2, 0) is 11.3 Å². The fourth-order valence-electron chi connectivity index (χ4n) is 4.04. The van der Waals surface area contributed by atoms with Crippen LogP contribution in [-0.4, -0.2) is 42.5 Å². The number of hydrogen-bond acceptors (Lipinski definition) is 6. The Morgan fingerprint density at radius 3 is 2.61 bits per heavy atom. The highest BCUT2D eigenvalue weighted by atomic mass is 32.1. The van der Waals surface area contributed by atoms with Crippen molar-refractivity contribution in [3.63, 3.8) is 0 Å². The highest BCUT2D eigenvalue weighted by Gasteiger charge is 2.38. The van der Waals surface area contributed by atoms with E-state index in [1.165, 1.54) is 11.3 Å². The van der Waals surface area contributed by atoms with E-state index < -0.39 is 6.04 Å². The summed E-state index contributed by atoms with van der Waals surface area (Å²) in [5.41, 5.74) is 0.748. The van der Waals surface area contributed by atoms with Crippen LogP contribution in [0.15, 0.2) is 53.2 Å². The Hall–Kier alpha value is -2.84. The van der Waals surface area contributed by atoms with Gasteiger partial charge in [0.2, 0.25) is 5.91 Å². The lowest BCUT2D eigenvalue weighted by Gasteiger charge is -2.31. The number of hydrogen-bond donors (Lipinski definition) is 0. The molecule has 5 rings (SSSR count). The Bertz CT molecular complexity index is 1070. The van der Waals surface area contributed by atoms with Crippen molar-refractivity contribution in [3.05, 3.63) is 63.0 Å². The van der Waals surface area contributed by atoms with Gasteiger partial charge in [-0.25, -0.2) is 0 Å². The molecule has 0 saturated carbocycles. The molecule has 2 aromatic heterocycles. The second kappa shape index (κ2) is 8.72. The Labute approximate surface area is 188 Å². The Morgan fingerprint density at radius 2 is 1.84 bits per heavy atom. The molecule has 0 aliphatic carbocycles. The van der Waals surface area contributed by atoms with Gasteiger partial charge in [0.25, 0.3) is 5.91 Å². The maximum atomic E-state index is 13.8. The van der Waals surface area contributed by atoms with E-state index in [2.05, 4.69) is 0 Å². The highest BCUT2D eigenvalue weighted by molar-refractivity contribution is 7.12. The normalized spacial score (nSPS) is 17.5. The maximum Gasteiger partial charge on any atom is 0.264 e. The number of anilines is 1. The zero-order valence-corrected chi connectivity index (χ0v) is 18.5. The van der Waals surface area contributed by atoms with Crippen molar-refractivity contribution in [1.82, 2.24) is 4.90 Å². The molecule has 2 amide bonds. The van der Waals surface area contributed by atoms with Gasteiger partial charge in [0.1, 0.15) is 19.3 Å². The lowest BCUT2D eigenvalue weighted by Crippen LogP contribution is -2.47. The molecule has 6 nitrogen and oxygen atoms in total. The number of benzene rings is 1. The maximum absolute atomic E-state index is 13.8. The van der Waals surface area contributed by atoms with Gasteiger partial charge in [-0.15, -0.1) is 22.7 Å². The number of carbonyl (C=O) groups excluding carboxylic acids is 2. The minimum Gasteiger partial charge on any atom is -0.486 e. The van der Waals surface area contributed by atoms with Crippen molar-refractivity contribution >= 4 is 40.2 Å². The molecule has 0 radical (unpaired) electrons. The fourth-order valence-corrected chi connectivity index (χ4v) is 5.41. The van der Waals surface area contributed by atoms with Gasteiger partial charge in [-0.05, 0) is 47.9 Å². The van der Waals surface area contributed by atoms with Gasteiger partial charge in [-0.3, -0.25) is 9.59 Å². The first-order chi connectivity index (χ1) is 15.2. The van der Waals surface area contributed by atoms with Gasteiger partial charge >= 0.3 is 0 Å². The van der Waals surface area contributed by atoms with Crippen LogP contribution in [0, 0.1) is 0 Å². The molecule has 2 aliphatic heterocycles. The summed E-state index contributed by atoms with van der Waals surface area (Å²) >= 11 is 3.02. The van der Waals surface area contributed by atoms with E-state index >= 15 is 0 Å². The van der Waals surface area contributed by atoms with Gasteiger partial charge in [-0.2, -0.15) is 0 Å². The number of carbonyl (C=O) groups is 2. The summed E-state index contributed by atoms with van der Waals surface area (Å²) in [6.07, 6.45) is 1.49. The summed E-state index contributed by atoms with van der Waals surface area (Å²) in [6, 6.07) is 12.8. The van der Waals surface area contributed by atoms with Gasteiger partial charge in [0.15, 0.2) is 11.5 Å². The third kappa shape index (κ3) is 4.05. The average molecular weight is 455 g/mol. The lowest BCUT2D eigenvalue weighted by molar-refractivity contribution is -0.122. The lowest BCUT2D eigenvalue weighted by atomic mass is 10.1. The van der Waals surface area contributed by atoms with E-state index in [4.69, 9.17) is 9.47 Å². The topological polar surface area (TPSA) is 59.1 Å². The predicted molar refractivity (Wildman–Crippen MR) is 121 cm³/mol. The van der Waals surface area contributed by atoms with E-state index in [9.17, 15) is 9.59 Å². The summed E-state index contributed by atoms with van der Waals surface area (Å²) in [4.78, 5) is 32.1. The second-order valence-corrected chi connectivity index (χ2v) is 9.45. The quantitative estimate of drug-likeness (QED) is 0.573. The number of fused-ring (bicyclic) bond motifs is 1. The van der Waals surface area contributed by atoms with Crippen LogP contribution in [0.4, 0.5) is 5.69 Å². The van der Waals surface area contributed by atoms with Gasteiger partial charge in [0, 0.05) is 23.2 Å². The first-order valence-corrected chi connectivity index (χ1v) is 12.0. The minimum atomic E-state index is -0.470. The summed E-state index contributed by atoms with van der Waals surface area (Å²) in [7, 11) is 0. The summed E-state index contributed by atoms with van der Waals surface area (Å²) < 4.78 is 11.4. The van der Waals surface area contributed by atoms with Crippen molar-refractivity contribution in [2.75, 3.05) is 24.7 Å². The van der Waals surface area contributed by atoms with Crippen molar-refractivity contribution in [2.45, 2.75) is 25.4 Å². The van der Waals surface area contributed by atoms with Crippen LogP contribution in [0.3, 0.4) is 0 Å². The largest absolute Gasteiger partial charge is 0.486 e. The molecule has 31 heavy (non-hydrogen) atoms. The van der Waals surface area contributed by atoms with Crippen LogP contribution in [0.2, 0.25) is 0 Å². The SMILES string of the molecule is O=C([C@H]1CCCN1C(=O)c1cccs1)N(Cc1cccs1)c1ccc2c(c1)OCCO2. The predicted octanol–water partition coefficient (Wildman–Crippen LogP) is 4.42. The van der Waals surface area contributed by atoms with E-state index in [0.29, 0.717) is 49.1 Å². The number of nitrogens with zero attached hydrogens (tertiary/aromatic N) is 2. The summed E-state index contributed by atoms with van der Waals surface area (Å²) in [5.74, 6) is 1.20. The first kappa shape index (κ1) is 20.1. The molecule has 0 bridgehead atoms. The summed E-state index contributed by atoms with van der Waals surface area (Å²) in [5, 5.41) is 3.89. The van der Waals surface area contributed by atoms with Gasteiger partial charge < -0.3 is 19.3 Å². The van der Waals surface area contributed by atoms with Gasteiger partial charge in [-0.1, -0.05) is 12.1 Å². The van der Waals surface area contributed by atoms with Crippen LogP contribution in [0.25, 0.3) is 0 Å². The zero-order chi connectivity index (χ0) is 21.2. The molecule has 0 N–H and O–H groups in total. The molecule has 0 spiro atoms. The first-order valence-electron chi connectivity index (χ1n) is 10.3. The molecular weight excluding hydrogens is 432 g/mol. The molecule has 2 aliphatic rings. The zero-order valence-electron chi connectivity index (χ0n) is 16.9. The molecule has 1 atom stereocenters. The molecule has 0 unspecified atom stereocenters. The van der Waals surface area contributed by atoms with E-state index in [1.807, 2.05) is 53.2 Å². The summed E-state index contributed by atoms with van der Waals surface area (Å²) in [6.45, 7) is 2.06. The van der Waals surface area contributed by atoms with Crippen LogP contribution >= 0.6 is 22.7 Å². The number of amides is 2. The van der Waals surface area contributed by atoms with E-state index in [1.54, 1.807) is 21.1 Å². The molecule has 1 fully saturated rings. The molecule has 160 valence electrons. The van der Waals surface area contributed by atoms with Crippen molar-refractivity contribution in [1.29, 1.82) is 0 Å². The van der Waals surface area contributed by atoms with Gasteiger partial charge in [0.05, 0.1) is 11.4 Å². The van der Waals surface area contributed by atoms with Crippen molar-refractivity contribution in [2.24, 2.45) is 0 Å². The molecule has 8 heteroatoms. The molecular formula is C23H22N2O4S2. The molecule has 1 aromatic carbocycles. The van der Waals surface area contributed by atoms with Crippen LogP contribution in [0.5, 0.6) is 11.5 Å². The Morgan fingerprint density at radius 1 is 1.03 bits per heavy atom. The number of rotatable bonds is 5. The minimum absolute atomic E-state index is 0.0625. The molecule has 1 saturated heterocycles. The standard InChI is InChI=1S/C23H22N2O4S2/c26-22(18-5-1-9-24(18)23(27)21-6-3-13-31-21)25(15-17-4-2-12-30-17)16-7-8-19-20(14-16)29-11-10-28-19/h2-4,6-8,12-14,18H,1,5,9-11,15H2/t18-/m1/s1. The van der Waals surface area contributed by atoms with Crippen LogP contribution < -0.4 is 14.4 Å². The van der Waals surface area contributed by atoms with Crippen LogP contribution in [0.1, 0.15) is 27.4 Å². The monoisotopic (exact) mass is 454 g/mol. The number of thiophene rings is 2. The smallest absolute Gasteiger partial charge is 0.264 e. The molecule has 4 heterocycles. The average Bonchev–Trinajstić information content (AvgIpc) is 3.58. The molecule has 3 aromatic rings. The highest BCUT2D eigenvalue weighted by Crippen LogP contribution is 2.36.